The third kappa shape index (κ3) is 5.16. The Morgan fingerprint density at radius 3 is 2.16 bits per heavy atom. The van der Waals surface area contributed by atoms with E-state index in [1.807, 2.05) is 42.3 Å². The molecule has 0 saturated heterocycles. The van der Waals surface area contributed by atoms with Crippen molar-refractivity contribution >= 4 is 11.9 Å². The fourth-order valence-corrected chi connectivity index (χ4v) is 2.74. The highest BCUT2D eigenvalue weighted by Crippen LogP contribution is 2.22. The molecule has 5 heteroatoms. The van der Waals surface area contributed by atoms with Gasteiger partial charge in [-0.3, -0.25) is 15.0 Å². The van der Waals surface area contributed by atoms with Crippen LogP contribution in [0.15, 0.2) is 54.6 Å². The summed E-state index contributed by atoms with van der Waals surface area (Å²) >= 11 is 0. The predicted octanol–water partition coefficient (Wildman–Crippen LogP) is 2.88. The lowest BCUT2D eigenvalue weighted by atomic mass is 10.0. The number of aryl methyl sites for hydroxylation is 1. The number of amides is 3. The number of rotatable bonds is 6. The summed E-state index contributed by atoms with van der Waals surface area (Å²) in [6.45, 7) is 2.72. The predicted molar refractivity (Wildman–Crippen MR) is 99.1 cm³/mol. The number of hydrogen-bond donors (Lipinski definition) is 2. The van der Waals surface area contributed by atoms with E-state index in [1.165, 1.54) is 12.6 Å². The first kappa shape index (κ1) is 18.7. The van der Waals surface area contributed by atoms with Crippen LogP contribution < -0.4 is 10.6 Å². The van der Waals surface area contributed by atoms with Crippen molar-refractivity contribution in [3.05, 3.63) is 71.3 Å². The lowest BCUT2D eigenvalue weighted by Crippen LogP contribution is -2.44. The van der Waals surface area contributed by atoms with E-state index in [0.717, 1.165) is 17.5 Å². The van der Waals surface area contributed by atoms with Crippen molar-refractivity contribution in [1.82, 2.24) is 15.5 Å². The SMILES string of the molecule is CCc1ccc(CN(C)C(C(=O)NC(=O)NC)c2ccccc2)cc1. The number of nitrogens with one attached hydrogen (secondary N) is 2. The second-order valence-electron chi connectivity index (χ2n) is 5.97. The van der Waals surface area contributed by atoms with Gasteiger partial charge in [-0.05, 0) is 30.2 Å². The van der Waals surface area contributed by atoms with Gasteiger partial charge in [0.05, 0.1) is 0 Å². The second-order valence-corrected chi connectivity index (χ2v) is 5.97. The smallest absolute Gasteiger partial charge is 0.321 e. The van der Waals surface area contributed by atoms with Crippen LogP contribution in [0.25, 0.3) is 0 Å². The maximum absolute atomic E-state index is 12.6. The first-order valence-electron chi connectivity index (χ1n) is 8.40. The van der Waals surface area contributed by atoms with Gasteiger partial charge in [0, 0.05) is 13.6 Å². The molecule has 2 aromatic carbocycles. The quantitative estimate of drug-likeness (QED) is 0.851. The third-order valence-electron chi connectivity index (χ3n) is 4.13. The van der Waals surface area contributed by atoms with Gasteiger partial charge in [-0.15, -0.1) is 0 Å². The fraction of sp³-hybridized carbons (Fsp3) is 0.300. The summed E-state index contributed by atoms with van der Waals surface area (Å²) in [5, 5.41) is 4.80. The maximum Gasteiger partial charge on any atom is 0.321 e. The van der Waals surface area contributed by atoms with Crippen molar-refractivity contribution in [1.29, 1.82) is 0 Å². The van der Waals surface area contributed by atoms with Crippen LogP contribution in [-0.2, 0) is 17.8 Å². The fourth-order valence-electron chi connectivity index (χ4n) is 2.74. The molecule has 0 fully saturated rings. The van der Waals surface area contributed by atoms with E-state index >= 15 is 0 Å². The van der Waals surface area contributed by atoms with Crippen molar-refractivity contribution in [3.8, 4) is 0 Å². The molecule has 0 aliphatic heterocycles. The number of urea groups is 1. The Morgan fingerprint density at radius 2 is 1.60 bits per heavy atom. The number of carbonyl (C=O) groups excluding carboxylic acids is 2. The zero-order valence-electron chi connectivity index (χ0n) is 15.0. The molecule has 1 unspecified atom stereocenters. The number of benzene rings is 2. The zero-order valence-corrected chi connectivity index (χ0v) is 15.0. The highest BCUT2D eigenvalue weighted by molar-refractivity contribution is 5.97. The summed E-state index contributed by atoms with van der Waals surface area (Å²) in [5.41, 5.74) is 3.24. The minimum atomic E-state index is -0.552. The number of hydrogen-bond acceptors (Lipinski definition) is 3. The molecule has 2 rings (SSSR count). The number of likely N-dealkylation sites (N-methyl/N-ethyl adjacent to an activating group) is 1. The number of carbonyl (C=O) groups is 2. The summed E-state index contributed by atoms with van der Waals surface area (Å²) in [5.74, 6) is -0.349. The lowest BCUT2D eigenvalue weighted by Gasteiger charge is -2.27. The highest BCUT2D eigenvalue weighted by Gasteiger charge is 2.26. The maximum atomic E-state index is 12.6. The van der Waals surface area contributed by atoms with Crippen molar-refractivity contribution < 1.29 is 9.59 Å². The molecule has 2 aromatic rings. The summed E-state index contributed by atoms with van der Waals surface area (Å²) in [6.07, 6.45) is 0.997. The molecule has 132 valence electrons. The molecule has 0 heterocycles. The molecule has 3 amide bonds. The van der Waals surface area contributed by atoms with E-state index < -0.39 is 12.1 Å². The van der Waals surface area contributed by atoms with E-state index in [0.29, 0.717) is 6.54 Å². The van der Waals surface area contributed by atoms with Crippen molar-refractivity contribution in [2.75, 3.05) is 14.1 Å². The Balaban J connectivity index is 2.21. The Hall–Kier alpha value is -2.66. The Labute approximate surface area is 149 Å². The zero-order chi connectivity index (χ0) is 18.2. The van der Waals surface area contributed by atoms with Crippen LogP contribution in [0.3, 0.4) is 0 Å². The summed E-state index contributed by atoms with van der Waals surface area (Å²) in [6, 6.07) is 16.8. The summed E-state index contributed by atoms with van der Waals surface area (Å²) in [4.78, 5) is 26.1. The first-order chi connectivity index (χ1) is 12.0. The molecule has 1 atom stereocenters. The molecule has 2 N–H and O–H groups in total. The van der Waals surface area contributed by atoms with Gasteiger partial charge in [0.1, 0.15) is 6.04 Å². The van der Waals surface area contributed by atoms with E-state index in [4.69, 9.17) is 0 Å². The van der Waals surface area contributed by atoms with Crippen LogP contribution in [0, 0.1) is 0 Å². The van der Waals surface area contributed by atoms with Gasteiger partial charge >= 0.3 is 6.03 Å². The number of imide groups is 1. The summed E-state index contributed by atoms with van der Waals surface area (Å²) in [7, 11) is 3.37. The third-order valence-corrected chi connectivity index (χ3v) is 4.13. The van der Waals surface area contributed by atoms with Gasteiger partial charge in [0.15, 0.2) is 0 Å². The molecular weight excluding hydrogens is 314 g/mol. The monoisotopic (exact) mass is 339 g/mol. The average molecular weight is 339 g/mol. The Bertz CT molecular complexity index is 699. The topological polar surface area (TPSA) is 61.4 Å². The van der Waals surface area contributed by atoms with Gasteiger partial charge in [-0.1, -0.05) is 61.5 Å². The van der Waals surface area contributed by atoms with Crippen LogP contribution in [0.2, 0.25) is 0 Å². The van der Waals surface area contributed by atoms with Crippen LogP contribution in [0.5, 0.6) is 0 Å². The average Bonchev–Trinajstić information content (AvgIpc) is 2.63. The van der Waals surface area contributed by atoms with Crippen molar-refractivity contribution in [2.24, 2.45) is 0 Å². The van der Waals surface area contributed by atoms with E-state index in [9.17, 15) is 9.59 Å². The first-order valence-corrected chi connectivity index (χ1v) is 8.40. The number of nitrogens with zero attached hydrogens (tertiary/aromatic N) is 1. The Morgan fingerprint density at radius 1 is 1.00 bits per heavy atom. The highest BCUT2D eigenvalue weighted by atomic mass is 16.2. The standard InChI is InChI=1S/C20H25N3O2/c1-4-15-10-12-16(13-11-15)14-23(3)18(17-8-6-5-7-9-17)19(24)22-20(25)21-2/h5-13,18H,4,14H2,1-3H3,(H2,21,22,24,25). The Kier molecular flexibility index (Phi) is 6.71. The minimum Gasteiger partial charge on any atom is -0.341 e. The molecule has 0 bridgehead atoms. The van der Waals surface area contributed by atoms with Crippen LogP contribution in [0.4, 0.5) is 4.79 Å². The van der Waals surface area contributed by atoms with Gasteiger partial charge < -0.3 is 5.32 Å². The molecule has 0 aliphatic rings. The largest absolute Gasteiger partial charge is 0.341 e. The van der Waals surface area contributed by atoms with Gasteiger partial charge in [-0.25, -0.2) is 4.79 Å². The van der Waals surface area contributed by atoms with Crippen molar-refractivity contribution in [3.63, 3.8) is 0 Å². The van der Waals surface area contributed by atoms with Gasteiger partial charge in [0.2, 0.25) is 5.91 Å². The molecular formula is C20H25N3O2. The van der Waals surface area contributed by atoms with Gasteiger partial charge in [-0.2, -0.15) is 0 Å². The van der Waals surface area contributed by atoms with E-state index in [1.54, 1.807) is 0 Å². The van der Waals surface area contributed by atoms with Crippen LogP contribution in [-0.4, -0.2) is 30.9 Å². The van der Waals surface area contributed by atoms with E-state index in [-0.39, 0.29) is 5.91 Å². The molecule has 0 aliphatic carbocycles. The molecule has 5 nitrogen and oxygen atoms in total. The van der Waals surface area contributed by atoms with Crippen LogP contribution in [0.1, 0.15) is 29.7 Å². The van der Waals surface area contributed by atoms with Crippen LogP contribution >= 0.6 is 0 Å². The molecule has 0 radical (unpaired) electrons. The van der Waals surface area contributed by atoms with E-state index in [2.05, 4.69) is 41.8 Å². The molecule has 0 saturated carbocycles. The van der Waals surface area contributed by atoms with Crippen molar-refractivity contribution in [2.45, 2.75) is 25.9 Å². The normalized spacial score (nSPS) is 11.8. The van der Waals surface area contributed by atoms with Gasteiger partial charge in [0.25, 0.3) is 0 Å². The molecule has 0 spiro atoms. The molecule has 25 heavy (non-hydrogen) atoms. The minimum absolute atomic E-state index is 0.349. The molecule has 0 aromatic heterocycles. The lowest BCUT2D eigenvalue weighted by molar-refractivity contribution is -0.125. The second kappa shape index (κ2) is 8.99. The summed E-state index contributed by atoms with van der Waals surface area (Å²) < 4.78 is 0.